The molecule has 0 bridgehead atoms. The van der Waals surface area contributed by atoms with Crippen LogP contribution in [-0.2, 0) is 0 Å². The molecular weight excluding hydrogens is 435 g/mol. The maximum atomic E-state index is 11.8. The van der Waals surface area contributed by atoms with Gasteiger partial charge >= 0.3 is 5.69 Å². The lowest BCUT2D eigenvalue weighted by Gasteiger charge is -2.09. The molecule has 0 spiro atoms. The van der Waals surface area contributed by atoms with E-state index in [1.165, 1.54) is 17.7 Å². The van der Waals surface area contributed by atoms with Crippen LogP contribution < -0.4 is 10.6 Å². The number of nitrogens with one attached hydrogen (secondary N) is 2. The monoisotopic (exact) mass is 446 g/mol. The Balaban J connectivity index is 1.72. The summed E-state index contributed by atoms with van der Waals surface area (Å²) < 4.78 is 0.969. The van der Waals surface area contributed by atoms with Crippen molar-refractivity contribution in [3.05, 3.63) is 68.4 Å². The molecule has 4 rings (SSSR count). The molecule has 2 N–H and O–H groups in total. The largest absolute Gasteiger partial charge is 0.353 e. The average molecular weight is 447 g/mol. The van der Waals surface area contributed by atoms with Gasteiger partial charge in [-0.3, -0.25) is 10.1 Å². The molecule has 0 radical (unpaired) electrons. The van der Waals surface area contributed by atoms with Crippen molar-refractivity contribution in [2.24, 2.45) is 0 Å². The third-order valence-corrected chi connectivity index (χ3v) is 5.35. The normalized spacial score (nSPS) is 10.9. The van der Waals surface area contributed by atoms with Crippen LogP contribution in [0.1, 0.15) is 5.56 Å². The molecule has 0 saturated carbocycles. The van der Waals surface area contributed by atoms with Crippen LogP contribution in [0.2, 0.25) is 10.0 Å². The van der Waals surface area contributed by atoms with E-state index in [0.717, 1.165) is 15.8 Å². The van der Waals surface area contributed by atoms with Crippen LogP contribution in [0.15, 0.2) is 42.7 Å². The number of fused-ring (bicyclic) bond motifs is 1. The zero-order valence-corrected chi connectivity index (χ0v) is 17.1. The van der Waals surface area contributed by atoms with Gasteiger partial charge in [-0.2, -0.15) is 0 Å². The lowest BCUT2D eigenvalue weighted by atomic mass is 10.2. The van der Waals surface area contributed by atoms with Crippen LogP contribution in [0, 0.1) is 17.0 Å². The first-order valence-corrected chi connectivity index (χ1v) is 9.83. The number of para-hydroxylation sites is 1. The molecule has 2 aromatic heterocycles. The summed E-state index contributed by atoms with van der Waals surface area (Å²) in [6, 6.07) is 10.6. The minimum absolute atomic E-state index is 0.00289. The molecule has 0 unspecified atom stereocenters. The Kier molecular flexibility index (Phi) is 5.18. The van der Waals surface area contributed by atoms with E-state index in [-0.39, 0.29) is 17.3 Å². The highest BCUT2D eigenvalue weighted by atomic mass is 35.5. The van der Waals surface area contributed by atoms with E-state index in [4.69, 9.17) is 23.2 Å². The van der Waals surface area contributed by atoms with Crippen molar-refractivity contribution < 1.29 is 4.92 Å². The number of nitrogens with zero attached hydrogens (tertiary/aromatic N) is 4. The first-order chi connectivity index (χ1) is 13.9. The summed E-state index contributed by atoms with van der Waals surface area (Å²) in [5.74, 6) is 0.0282. The van der Waals surface area contributed by atoms with Crippen molar-refractivity contribution >= 4 is 72.9 Å². The predicted molar refractivity (Wildman–Crippen MR) is 116 cm³/mol. The summed E-state index contributed by atoms with van der Waals surface area (Å²) in [4.78, 5) is 23.8. The highest BCUT2D eigenvalue weighted by Gasteiger charge is 2.24. The highest BCUT2D eigenvalue weighted by Crippen LogP contribution is 2.36. The lowest BCUT2D eigenvalue weighted by molar-refractivity contribution is -0.383. The van der Waals surface area contributed by atoms with Gasteiger partial charge in [0.2, 0.25) is 11.6 Å². The molecule has 0 amide bonds. The minimum Gasteiger partial charge on any atom is -0.334 e. The summed E-state index contributed by atoms with van der Waals surface area (Å²) in [5.41, 5.74) is 2.00. The van der Waals surface area contributed by atoms with Gasteiger partial charge in [0.15, 0.2) is 5.13 Å². The number of hydrogen-bond donors (Lipinski definition) is 2. The molecule has 0 fully saturated rings. The van der Waals surface area contributed by atoms with Crippen molar-refractivity contribution in [1.82, 2.24) is 15.0 Å². The summed E-state index contributed by atoms with van der Waals surface area (Å²) in [7, 11) is 0. The lowest BCUT2D eigenvalue weighted by Crippen LogP contribution is -2.05. The molecular formula is C18H12Cl2N6O2S. The number of nitro groups is 1. The zero-order chi connectivity index (χ0) is 20.5. The SMILES string of the molecule is Cc1cccc2sc(Nc3ncnc(Nc4cc(Cl)cc(Cl)c4)c3[N+](=O)[O-])nc12. The molecule has 0 atom stereocenters. The van der Waals surface area contributed by atoms with E-state index in [9.17, 15) is 10.1 Å². The fraction of sp³-hybridized carbons (Fsp3) is 0.0556. The number of thiazole rings is 1. The van der Waals surface area contributed by atoms with Gasteiger partial charge in [-0.1, -0.05) is 46.7 Å². The van der Waals surface area contributed by atoms with Gasteiger partial charge in [-0.15, -0.1) is 0 Å². The molecule has 8 nitrogen and oxygen atoms in total. The number of aryl methyl sites for hydroxylation is 1. The highest BCUT2D eigenvalue weighted by molar-refractivity contribution is 7.22. The van der Waals surface area contributed by atoms with E-state index in [1.807, 2.05) is 25.1 Å². The van der Waals surface area contributed by atoms with Crippen molar-refractivity contribution in [2.75, 3.05) is 10.6 Å². The van der Waals surface area contributed by atoms with Crippen LogP contribution in [0.3, 0.4) is 0 Å². The summed E-state index contributed by atoms with van der Waals surface area (Å²) in [5, 5.41) is 18.9. The van der Waals surface area contributed by atoms with Crippen LogP contribution in [0.4, 0.5) is 28.1 Å². The first-order valence-electron chi connectivity index (χ1n) is 8.26. The minimum atomic E-state index is -0.560. The van der Waals surface area contributed by atoms with E-state index < -0.39 is 4.92 Å². The smallest absolute Gasteiger partial charge is 0.334 e. The number of benzene rings is 2. The standard InChI is InChI=1S/C18H12Cl2N6O2S/c1-9-3-2-4-13-14(9)24-18(29-13)25-17-15(26(27)28)16(21-8-22-17)23-12-6-10(19)5-11(20)7-12/h2-8H,1H3,(H2,21,22,23,24,25). The third kappa shape index (κ3) is 4.07. The fourth-order valence-corrected chi connectivity index (χ4v) is 4.21. The molecule has 0 aliphatic rings. The van der Waals surface area contributed by atoms with Crippen molar-refractivity contribution in [2.45, 2.75) is 6.92 Å². The summed E-state index contributed by atoms with van der Waals surface area (Å²) in [6.07, 6.45) is 1.22. The second kappa shape index (κ2) is 7.78. The van der Waals surface area contributed by atoms with E-state index in [1.54, 1.807) is 18.2 Å². The average Bonchev–Trinajstić information content (AvgIpc) is 3.04. The summed E-state index contributed by atoms with van der Waals surface area (Å²) in [6.45, 7) is 1.96. The molecule has 0 aliphatic carbocycles. The Hall–Kier alpha value is -3.01. The maximum Gasteiger partial charge on any atom is 0.353 e. The quantitative estimate of drug-likeness (QED) is 0.281. The molecule has 0 saturated heterocycles. The Morgan fingerprint density at radius 2 is 1.76 bits per heavy atom. The molecule has 146 valence electrons. The second-order valence-electron chi connectivity index (χ2n) is 6.03. The molecule has 29 heavy (non-hydrogen) atoms. The topological polar surface area (TPSA) is 106 Å². The number of aromatic nitrogens is 3. The van der Waals surface area contributed by atoms with Crippen molar-refractivity contribution in [3.63, 3.8) is 0 Å². The van der Waals surface area contributed by atoms with Crippen molar-refractivity contribution in [1.29, 1.82) is 0 Å². The van der Waals surface area contributed by atoms with Crippen LogP contribution in [-0.4, -0.2) is 19.9 Å². The van der Waals surface area contributed by atoms with Gasteiger partial charge in [0, 0.05) is 15.7 Å². The zero-order valence-electron chi connectivity index (χ0n) is 14.8. The Labute approximate surface area is 178 Å². The van der Waals surface area contributed by atoms with E-state index in [0.29, 0.717) is 20.9 Å². The number of hydrogen-bond acceptors (Lipinski definition) is 8. The van der Waals surface area contributed by atoms with Gasteiger partial charge in [0.05, 0.1) is 15.1 Å². The van der Waals surface area contributed by atoms with Gasteiger partial charge in [-0.25, -0.2) is 15.0 Å². The molecule has 2 heterocycles. The van der Waals surface area contributed by atoms with Crippen LogP contribution >= 0.6 is 34.5 Å². The van der Waals surface area contributed by atoms with E-state index in [2.05, 4.69) is 25.6 Å². The van der Waals surface area contributed by atoms with E-state index >= 15 is 0 Å². The number of anilines is 4. The number of halogens is 2. The van der Waals surface area contributed by atoms with Crippen LogP contribution in [0.25, 0.3) is 10.2 Å². The van der Waals surface area contributed by atoms with Gasteiger partial charge < -0.3 is 10.6 Å². The first kappa shape index (κ1) is 19.3. The third-order valence-electron chi connectivity index (χ3n) is 3.98. The Morgan fingerprint density at radius 3 is 2.41 bits per heavy atom. The van der Waals surface area contributed by atoms with Crippen LogP contribution in [0.5, 0.6) is 0 Å². The maximum absolute atomic E-state index is 11.8. The number of rotatable bonds is 5. The summed E-state index contributed by atoms with van der Waals surface area (Å²) >= 11 is 13.4. The second-order valence-corrected chi connectivity index (χ2v) is 7.93. The molecule has 11 heteroatoms. The Morgan fingerprint density at radius 1 is 1.07 bits per heavy atom. The molecule has 2 aromatic carbocycles. The fourth-order valence-electron chi connectivity index (χ4n) is 2.74. The molecule has 0 aliphatic heterocycles. The predicted octanol–water partition coefficient (Wildman–Crippen LogP) is 6.10. The van der Waals surface area contributed by atoms with Crippen molar-refractivity contribution in [3.8, 4) is 0 Å². The van der Waals surface area contributed by atoms with Gasteiger partial charge in [-0.05, 0) is 36.8 Å². The molecule has 4 aromatic rings. The Bertz CT molecular complexity index is 1230. The van der Waals surface area contributed by atoms with Gasteiger partial charge in [0.25, 0.3) is 0 Å². The van der Waals surface area contributed by atoms with Gasteiger partial charge in [0.1, 0.15) is 6.33 Å².